The maximum Gasteiger partial charge on any atom is 0.408 e. The van der Waals surface area contributed by atoms with Crippen LogP contribution in [0.25, 0.3) is 0 Å². The van der Waals surface area contributed by atoms with Crippen molar-refractivity contribution in [2.24, 2.45) is 5.73 Å². The zero-order valence-corrected chi connectivity index (χ0v) is 17.0. The van der Waals surface area contributed by atoms with E-state index in [1.807, 2.05) is 24.3 Å². The van der Waals surface area contributed by atoms with Gasteiger partial charge in [0.25, 0.3) is 0 Å². The van der Waals surface area contributed by atoms with E-state index in [0.29, 0.717) is 19.4 Å². The number of aryl methyl sites for hydroxylation is 1. The van der Waals surface area contributed by atoms with E-state index in [9.17, 15) is 9.59 Å². The zero-order valence-electron chi connectivity index (χ0n) is 17.0. The molecule has 1 aromatic rings. The SMILES string of the molecule is CCCCCCCCCCOc1cccc(CCC2(C(N)=O)COC(=O)N2)c1. The van der Waals surface area contributed by atoms with Gasteiger partial charge < -0.3 is 20.5 Å². The van der Waals surface area contributed by atoms with Crippen LogP contribution < -0.4 is 15.8 Å². The van der Waals surface area contributed by atoms with Gasteiger partial charge in [0.1, 0.15) is 12.4 Å². The zero-order chi connectivity index (χ0) is 20.2. The number of carbonyl (C=O) groups excluding carboxylic acids is 2. The number of nitrogens with two attached hydrogens (primary N) is 1. The number of carbonyl (C=O) groups is 2. The molecular weight excluding hydrogens is 356 g/mol. The van der Waals surface area contributed by atoms with E-state index < -0.39 is 17.5 Å². The Labute approximate surface area is 168 Å². The van der Waals surface area contributed by atoms with Gasteiger partial charge in [-0.2, -0.15) is 0 Å². The van der Waals surface area contributed by atoms with Crippen molar-refractivity contribution >= 4 is 12.0 Å². The second-order valence-corrected chi connectivity index (χ2v) is 7.62. The summed E-state index contributed by atoms with van der Waals surface area (Å²) in [5, 5.41) is 2.55. The van der Waals surface area contributed by atoms with Gasteiger partial charge in [0.15, 0.2) is 5.54 Å². The van der Waals surface area contributed by atoms with Gasteiger partial charge in [-0.1, -0.05) is 64.0 Å². The van der Waals surface area contributed by atoms with Crippen molar-refractivity contribution in [3.8, 4) is 5.75 Å². The molecule has 1 heterocycles. The molecule has 1 atom stereocenters. The number of benzene rings is 1. The van der Waals surface area contributed by atoms with E-state index >= 15 is 0 Å². The molecular formula is C22H34N2O4. The first-order valence-electron chi connectivity index (χ1n) is 10.5. The second-order valence-electron chi connectivity index (χ2n) is 7.62. The first kappa shape index (κ1) is 22.1. The minimum atomic E-state index is -1.12. The minimum absolute atomic E-state index is 0.0181. The second kappa shape index (κ2) is 11.6. The third kappa shape index (κ3) is 7.06. The number of amides is 2. The van der Waals surface area contributed by atoms with E-state index in [1.165, 1.54) is 44.9 Å². The first-order valence-corrected chi connectivity index (χ1v) is 10.5. The van der Waals surface area contributed by atoms with Gasteiger partial charge in [-0.15, -0.1) is 0 Å². The van der Waals surface area contributed by atoms with Crippen LogP contribution in [0.3, 0.4) is 0 Å². The fourth-order valence-electron chi connectivity index (χ4n) is 3.42. The summed E-state index contributed by atoms with van der Waals surface area (Å²) < 4.78 is 10.7. The molecule has 1 unspecified atom stereocenters. The summed E-state index contributed by atoms with van der Waals surface area (Å²) in [5.74, 6) is 0.265. The minimum Gasteiger partial charge on any atom is -0.494 e. The number of nitrogens with one attached hydrogen (secondary N) is 1. The van der Waals surface area contributed by atoms with Gasteiger partial charge in [0, 0.05) is 0 Å². The smallest absolute Gasteiger partial charge is 0.408 e. The number of unbranched alkanes of at least 4 members (excludes halogenated alkanes) is 7. The fraction of sp³-hybridized carbons (Fsp3) is 0.636. The highest BCUT2D eigenvalue weighted by atomic mass is 16.6. The van der Waals surface area contributed by atoms with Gasteiger partial charge in [-0.3, -0.25) is 4.79 Å². The molecule has 0 aromatic heterocycles. The molecule has 1 saturated heterocycles. The molecule has 156 valence electrons. The molecule has 3 N–H and O–H groups in total. The number of hydrogen-bond acceptors (Lipinski definition) is 4. The van der Waals surface area contributed by atoms with E-state index in [-0.39, 0.29) is 6.61 Å². The molecule has 0 aliphatic carbocycles. The summed E-state index contributed by atoms with van der Waals surface area (Å²) in [5.41, 5.74) is 5.39. The quantitative estimate of drug-likeness (QED) is 0.468. The Morgan fingerprint density at radius 1 is 1.18 bits per heavy atom. The Kier molecular flexibility index (Phi) is 9.11. The van der Waals surface area contributed by atoms with Crippen molar-refractivity contribution in [3.63, 3.8) is 0 Å². The van der Waals surface area contributed by atoms with Crippen LogP contribution in [0.5, 0.6) is 5.75 Å². The lowest BCUT2D eigenvalue weighted by atomic mass is 9.92. The standard InChI is InChI=1S/C22H34N2O4/c1-2-3-4-5-6-7-8-9-15-27-19-12-10-11-18(16-19)13-14-22(20(23)25)17-28-21(26)24-22/h10-12,16H,2-9,13-15,17H2,1H3,(H2,23,25)(H,24,26). The Hall–Kier alpha value is -2.24. The van der Waals surface area contributed by atoms with Crippen molar-refractivity contribution in [1.82, 2.24) is 5.32 Å². The number of alkyl carbamates (subject to hydrolysis) is 1. The highest BCUT2D eigenvalue weighted by Crippen LogP contribution is 2.22. The van der Waals surface area contributed by atoms with Crippen LogP contribution in [0.1, 0.15) is 70.3 Å². The molecule has 1 fully saturated rings. The predicted molar refractivity (Wildman–Crippen MR) is 109 cm³/mol. The third-order valence-corrected chi connectivity index (χ3v) is 5.27. The first-order chi connectivity index (χ1) is 13.6. The summed E-state index contributed by atoms with van der Waals surface area (Å²) in [6, 6.07) is 7.85. The van der Waals surface area contributed by atoms with Crippen molar-refractivity contribution in [1.29, 1.82) is 0 Å². The summed E-state index contributed by atoms with van der Waals surface area (Å²) in [6.45, 7) is 2.94. The highest BCUT2D eigenvalue weighted by Gasteiger charge is 2.44. The van der Waals surface area contributed by atoms with Gasteiger partial charge >= 0.3 is 6.09 Å². The molecule has 0 bridgehead atoms. The molecule has 0 radical (unpaired) electrons. The van der Waals surface area contributed by atoms with Crippen molar-refractivity contribution in [3.05, 3.63) is 29.8 Å². The van der Waals surface area contributed by atoms with Crippen LogP contribution in [0.2, 0.25) is 0 Å². The van der Waals surface area contributed by atoms with Crippen LogP contribution in [-0.4, -0.2) is 30.8 Å². The van der Waals surface area contributed by atoms with Crippen LogP contribution in [0.15, 0.2) is 24.3 Å². The number of primary amides is 1. The largest absolute Gasteiger partial charge is 0.494 e. The van der Waals surface area contributed by atoms with Crippen LogP contribution in [-0.2, 0) is 16.0 Å². The monoisotopic (exact) mass is 390 g/mol. The topological polar surface area (TPSA) is 90.7 Å². The molecule has 28 heavy (non-hydrogen) atoms. The predicted octanol–water partition coefficient (Wildman–Crippen LogP) is 4.10. The molecule has 2 rings (SSSR count). The summed E-state index contributed by atoms with van der Waals surface area (Å²) in [6.07, 6.45) is 10.6. The van der Waals surface area contributed by atoms with Gasteiger partial charge in [0.2, 0.25) is 5.91 Å². The fourth-order valence-corrected chi connectivity index (χ4v) is 3.42. The molecule has 6 nitrogen and oxygen atoms in total. The number of hydrogen-bond donors (Lipinski definition) is 2. The van der Waals surface area contributed by atoms with Crippen molar-refractivity contribution in [2.75, 3.05) is 13.2 Å². The Morgan fingerprint density at radius 2 is 1.89 bits per heavy atom. The average Bonchev–Trinajstić information content (AvgIpc) is 3.08. The molecule has 0 spiro atoms. The van der Waals surface area contributed by atoms with E-state index in [1.54, 1.807) is 0 Å². The normalized spacial score (nSPS) is 18.5. The Balaban J connectivity index is 1.69. The van der Waals surface area contributed by atoms with Crippen LogP contribution in [0, 0.1) is 0 Å². The van der Waals surface area contributed by atoms with E-state index in [2.05, 4.69) is 12.2 Å². The molecule has 1 aromatic carbocycles. The number of ether oxygens (including phenoxy) is 2. The molecule has 1 aliphatic heterocycles. The van der Waals surface area contributed by atoms with Gasteiger partial charge in [-0.05, 0) is 37.0 Å². The van der Waals surface area contributed by atoms with Gasteiger partial charge in [0.05, 0.1) is 6.61 Å². The van der Waals surface area contributed by atoms with E-state index in [0.717, 1.165) is 17.7 Å². The molecule has 0 saturated carbocycles. The molecule has 2 amide bonds. The number of rotatable bonds is 14. The highest BCUT2D eigenvalue weighted by molar-refractivity contribution is 5.91. The Bertz CT molecular complexity index is 635. The maximum absolute atomic E-state index is 11.8. The summed E-state index contributed by atoms with van der Waals surface area (Å²) >= 11 is 0. The van der Waals surface area contributed by atoms with E-state index in [4.69, 9.17) is 15.2 Å². The van der Waals surface area contributed by atoms with Crippen molar-refractivity contribution < 1.29 is 19.1 Å². The van der Waals surface area contributed by atoms with Crippen molar-refractivity contribution in [2.45, 2.75) is 76.7 Å². The number of cyclic esters (lactones) is 1. The maximum atomic E-state index is 11.8. The average molecular weight is 391 g/mol. The molecule has 1 aliphatic rings. The van der Waals surface area contributed by atoms with Crippen LogP contribution in [0.4, 0.5) is 4.79 Å². The summed E-state index contributed by atoms with van der Waals surface area (Å²) in [7, 11) is 0. The summed E-state index contributed by atoms with van der Waals surface area (Å²) in [4.78, 5) is 23.1. The molecule has 6 heteroatoms. The third-order valence-electron chi connectivity index (χ3n) is 5.27. The lowest BCUT2D eigenvalue weighted by Crippen LogP contribution is -2.54. The lowest BCUT2D eigenvalue weighted by molar-refractivity contribution is -0.124. The van der Waals surface area contributed by atoms with Crippen LogP contribution >= 0.6 is 0 Å². The van der Waals surface area contributed by atoms with Gasteiger partial charge in [-0.25, -0.2) is 4.79 Å². The Morgan fingerprint density at radius 3 is 2.54 bits per heavy atom. The lowest BCUT2D eigenvalue weighted by Gasteiger charge is -2.22.